The number of nitrogens with one attached hydrogen (secondary N) is 1. The summed E-state index contributed by atoms with van der Waals surface area (Å²) in [5.74, 6) is -0.642. The second kappa shape index (κ2) is 7.70. The molecule has 2 N–H and O–H groups in total. The van der Waals surface area contributed by atoms with Crippen LogP contribution in [0.2, 0.25) is 0 Å². The Morgan fingerprint density at radius 1 is 1.10 bits per heavy atom. The Kier molecular flexibility index (Phi) is 5.92. The molecule has 112 valence electrons. The summed E-state index contributed by atoms with van der Waals surface area (Å²) in [6.45, 7) is 1.28. The molecule has 2 nitrogen and oxygen atoms in total. The third kappa shape index (κ3) is 4.84. The van der Waals surface area contributed by atoms with Gasteiger partial charge in [-0.1, -0.05) is 12.8 Å². The summed E-state index contributed by atoms with van der Waals surface area (Å²) in [7, 11) is 0. The molecule has 1 fully saturated rings. The second-order valence-electron chi connectivity index (χ2n) is 5.71. The van der Waals surface area contributed by atoms with Crippen LogP contribution in [0.25, 0.3) is 0 Å². The van der Waals surface area contributed by atoms with Gasteiger partial charge < -0.3 is 10.4 Å². The van der Waals surface area contributed by atoms with Gasteiger partial charge in [0.15, 0.2) is 0 Å². The Hall–Kier alpha value is -1.00. The first-order valence-electron chi connectivity index (χ1n) is 7.49. The van der Waals surface area contributed by atoms with Crippen LogP contribution in [0, 0.1) is 17.6 Å². The molecular weight excluding hydrogens is 260 g/mol. The molecule has 0 aromatic heterocycles. The monoisotopic (exact) mass is 283 g/mol. The first kappa shape index (κ1) is 15.4. The lowest BCUT2D eigenvalue weighted by Crippen LogP contribution is -2.25. The van der Waals surface area contributed by atoms with E-state index < -0.39 is 11.6 Å². The van der Waals surface area contributed by atoms with Gasteiger partial charge in [-0.2, -0.15) is 0 Å². The van der Waals surface area contributed by atoms with Crippen molar-refractivity contribution < 1.29 is 13.9 Å². The highest BCUT2D eigenvalue weighted by atomic mass is 19.1. The number of rotatable bonds is 6. The highest BCUT2D eigenvalue weighted by molar-refractivity contribution is 5.17. The van der Waals surface area contributed by atoms with Gasteiger partial charge in [0.25, 0.3) is 0 Å². The lowest BCUT2D eigenvalue weighted by atomic mass is 9.83. The number of aliphatic hydroxyl groups is 1. The minimum atomic E-state index is -0.535. The summed E-state index contributed by atoms with van der Waals surface area (Å²) >= 11 is 0. The maximum absolute atomic E-state index is 13.0. The molecule has 0 radical (unpaired) electrons. The normalized spacial score (nSPS) is 22.9. The zero-order valence-electron chi connectivity index (χ0n) is 11.7. The highest BCUT2D eigenvalue weighted by Gasteiger charge is 2.21. The fourth-order valence-corrected chi connectivity index (χ4v) is 2.96. The number of hydrogen-bond donors (Lipinski definition) is 2. The smallest absolute Gasteiger partial charge is 0.126 e. The first-order valence-corrected chi connectivity index (χ1v) is 7.49. The first-order chi connectivity index (χ1) is 9.65. The maximum atomic E-state index is 13.0. The SMILES string of the molecule is OC1CCCCC1CCCNCc1cc(F)cc(F)c1. The molecule has 0 aliphatic heterocycles. The third-order valence-corrected chi connectivity index (χ3v) is 4.05. The van der Waals surface area contributed by atoms with Crippen LogP contribution in [0.3, 0.4) is 0 Å². The molecule has 0 amide bonds. The predicted octanol–water partition coefficient (Wildman–Crippen LogP) is 3.39. The molecule has 1 saturated carbocycles. The second-order valence-corrected chi connectivity index (χ2v) is 5.71. The van der Waals surface area contributed by atoms with Gasteiger partial charge in [0.05, 0.1) is 6.10 Å². The molecule has 20 heavy (non-hydrogen) atoms. The fraction of sp³-hybridized carbons (Fsp3) is 0.625. The summed E-state index contributed by atoms with van der Waals surface area (Å²) in [4.78, 5) is 0. The van der Waals surface area contributed by atoms with Gasteiger partial charge in [0.2, 0.25) is 0 Å². The van der Waals surface area contributed by atoms with Crippen molar-refractivity contribution >= 4 is 0 Å². The van der Waals surface area contributed by atoms with Crippen molar-refractivity contribution in [2.24, 2.45) is 5.92 Å². The molecule has 2 unspecified atom stereocenters. The van der Waals surface area contributed by atoms with Gasteiger partial charge in [-0.05, 0) is 55.8 Å². The van der Waals surface area contributed by atoms with Crippen molar-refractivity contribution in [2.45, 2.75) is 51.2 Å². The molecule has 0 saturated heterocycles. The average Bonchev–Trinajstić information content (AvgIpc) is 2.39. The number of benzene rings is 1. The summed E-state index contributed by atoms with van der Waals surface area (Å²) in [6, 6.07) is 3.58. The van der Waals surface area contributed by atoms with Gasteiger partial charge in [-0.25, -0.2) is 8.78 Å². The van der Waals surface area contributed by atoms with Crippen molar-refractivity contribution in [1.29, 1.82) is 0 Å². The third-order valence-electron chi connectivity index (χ3n) is 4.05. The van der Waals surface area contributed by atoms with Crippen molar-refractivity contribution in [3.05, 3.63) is 35.4 Å². The molecular formula is C16H23F2NO. The van der Waals surface area contributed by atoms with E-state index in [0.717, 1.165) is 44.7 Å². The Morgan fingerprint density at radius 2 is 1.80 bits per heavy atom. The zero-order chi connectivity index (χ0) is 14.4. The minimum Gasteiger partial charge on any atom is -0.393 e. The van der Waals surface area contributed by atoms with Crippen LogP contribution in [0.15, 0.2) is 18.2 Å². The lowest BCUT2D eigenvalue weighted by molar-refractivity contribution is 0.0643. The number of hydrogen-bond acceptors (Lipinski definition) is 2. The van der Waals surface area contributed by atoms with Crippen LogP contribution in [-0.2, 0) is 6.54 Å². The van der Waals surface area contributed by atoms with Gasteiger partial charge >= 0.3 is 0 Å². The van der Waals surface area contributed by atoms with Crippen molar-refractivity contribution in [1.82, 2.24) is 5.32 Å². The zero-order valence-corrected chi connectivity index (χ0v) is 11.7. The van der Waals surface area contributed by atoms with Gasteiger partial charge in [-0.3, -0.25) is 0 Å². The summed E-state index contributed by atoms with van der Waals surface area (Å²) in [5.41, 5.74) is 0.625. The Morgan fingerprint density at radius 3 is 2.50 bits per heavy atom. The van der Waals surface area contributed by atoms with E-state index in [-0.39, 0.29) is 6.10 Å². The van der Waals surface area contributed by atoms with Gasteiger partial charge in [-0.15, -0.1) is 0 Å². The van der Waals surface area contributed by atoms with Crippen LogP contribution in [0.4, 0.5) is 8.78 Å². The molecule has 0 spiro atoms. The molecule has 4 heteroatoms. The largest absolute Gasteiger partial charge is 0.393 e. The number of aliphatic hydroxyl groups excluding tert-OH is 1. The Balaban J connectivity index is 1.63. The van der Waals surface area contributed by atoms with Crippen LogP contribution >= 0.6 is 0 Å². The van der Waals surface area contributed by atoms with Crippen LogP contribution in [0.5, 0.6) is 0 Å². The van der Waals surface area contributed by atoms with E-state index in [2.05, 4.69) is 5.32 Å². The van der Waals surface area contributed by atoms with Crippen LogP contribution in [-0.4, -0.2) is 17.8 Å². The summed E-state index contributed by atoms with van der Waals surface area (Å²) in [5, 5.41) is 13.1. The van der Waals surface area contributed by atoms with Crippen molar-refractivity contribution in [3.63, 3.8) is 0 Å². The molecule has 0 bridgehead atoms. The molecule has 1 aliphatic carbocycles. The standard InChI is InChI=1S/C16H23F2NO/c17-14-8-12(9-15(18)10-14)11-19-7-3-5-13-4-1-2-6-16(13)20/h8-10,13,16,19-20H,1-7,11H2. The lowest BCUT2D eigenvalue weighted by Gasteiger charge is -2.27. The average molecular weight is 283 g/mol. The quantitative estimate of drug-likeness (QED) is 0.784. The summed E-state index contributed by atoms with van der Waals surface area (Å²) < 4.78 is 26.0. The maximum Gasteiger partial charge on any atom is 0.126 e. The molecule has 2 atom stereocenters. The van der Waals surface area contributed by atoms with Gasteiger partial charge in [0.1, 0.15) is 11.6 Å². The topological polar surface area (TPSA) is 32.3 Å². The van der Waals surface area contributed by atoms with E-state index in [1.165, 1.54) is 18.6 Å². The number of halogens is 2. The Bertz CT molecular complexity index is 405. The molecule has 2 rings (SSSR count). The summed E-state index contributed by atoms with van der Waals surface area (Å²) in [6.07, 6.45) is 6.28. The van der Waals surface area contributed by atoms with Crippen LogP contribution in [0.1, 0.15) is 44.1 Å². The predicted molar refractivity (Wildman–Crippen MR) is 75.3 cm³/mol. The molecule has 1 aromatic rings. The minimum absolute atomic E-state index is 0.138. The van der Waals surface area contributed by atoms with E-state index in [0.29, 0.717) is 18.0 Å². The molecule has 0 heterocycles. The van der Waals surface area contributed by atoms with E-state index >= 15 is 0 Å². The Labute approximate surface area is 119 Å². The molecule has 1 aromatic carbocycles. The van der Waals surface area contributed by atoms with Crippen molar-refractivity contribution in [2.75, 3.05) is 6.54 Å². The van der Waals surface area contributed by atoms with E-state index in [4.69, 9.17) is 0 Å². The van der Waals surface area contributed by atoms with E-state index in [9.17, 15) is 13.9 Å². The van der Waals surface area contributed by atoms with E-state index in [1.807, 2.05) is 0 Å². The van der Waals surface area contributed by atoms with Gasteiger partial charge in [0, 0.05) is 12.6 Å². The molecule has 1 aliphatic rings. The van der Waals surface area contributed by atoms with Crippen LogP contribution < -0.4 is 5.32 Å². The highest BCUT2D eigenvalue weighted by Crippen LogP contribution is 2.27. The van der Waals surface area contributed by atoms with E-state index in [1.54, 1.807) is 0 Å². The van der Waals surface area contributed by atoms with Crippen molar-refractivity contribution in [3.8, 4) is 0 Å². The fourth-order valence-electron chi connectivity index (χ4n) is 2.96.